The lowest BCUT2D eigenvalue weighted by molar-refractivity contribution is 0.476. The van der Waals surface area contributed by atoms with Crippen molar-refractivity contribution in [1.29, 1.82) is 0 Å². The third kappa shape index (κ3) is 3.44. The molecule has 1 aromatic carbocycles. The highest BCUT2D eigenvalue weighted by atomic mass is 32.1. The number of aryl methyl sites for hydroxylation is 1. The standard InChI is InChI=1S/C16H21NS/c1-12-6-4-5-7-16(12)14(3)17-13(2)10-15-8-9-18-11-15/h4-9,11,13-14,17H,10H2,1-3H3. The van der Waals surface area contributed by atoms with Crippen LogP contribution in [0.4, 0.5) is 0 Å². The lowest BCUT2D eigenvalue weighted by atomic mass is 10.0. The first kappa shape index (κ1) is 13.3. The molecule has 0 saturated carbocycles. The Balaban J connectivity index is 1.95. The summed E-state index contributed by atoms with van der Waals surface area (Å²) in [5, 5.41) is 8.06. The van der Waals surface area contributed by atoms with Gasteiger partial charge in [-0.25, -0.2) is 0 Å². The quantitative estimate of drug-likeness (QED) is 0.842. The van der Waals surface area contributed by atoms with E-state index in [1.807, 2.05) is 0 Å². The van der Waals surface area contributed by atoms with Crippen molar-refractivity contribution in [3.05, 3.63) is 57.8 Å². The summed E-state index contributed by atoms with van der Waals surface area (Å²) < 4.78 is 0. The first-order valence-electron chi connectivity index (χ1n) is 6.49. The Morgan fingerprint density at radius 2 is 1.94 bits per heavy atom. The number of thiophene rings is 1. The zero-order chi connectivity index (χ0) is 13.0. The molecule has 0 aliphatic rings. The molecule has 2 unspecified atom stereocenters. The van der Waals surface area contributed by atoms with Crippen LogP contribution in [-0.2, 0) is 6.42 Å². The molecule has 0 saturated heterocycles. The first-order chi connectivity index (χ1) is 8.66. The Morgan fingerprint density at radius 3 is 2.61 bits per heavy atom. The third-order valence-corrected chi connectivity index (χ3v) is 4.04. The molecule has 96 valence electrons. The molecule has 2 heteroatoms. The Morgan fingerprint density at radius 1 is 1.17 bits per heavy atom. The van der Waals surface area contributed by atoms with Gasteiger partial charge < -0.3 is 5.32 Å². The maximum Gasteiger partial charge on any atom is 0.0296 e. The second-order valence-corrected chi connectivity index (χ2v) is 5.76. The number of hydrogen-bond donors (Lipinski definition) is 1. The predicted octanol–water partition coefficient (Wildman–Crippen LogP) is 4.34. The van der Waals surface area contributed by atoms with E-state index in [4.69, 9.17) is 0 Å². The number of benzene rings is 1. The number of rotatable bonds is 5. The summed E-state index contributed by atoms with van der Waals surface area (Å²) in [6.45, 7) is 6.68. The van der Waals surface area contributed by atoms with E-state index in [2.05, 4.69) is 67.2 Å². The van der Waals surface area contributed by atoms with Crippen molar-refractivity contribution >= 4 is 11.3 Å². The summed E-state index contributed by atoms with van der Waals surface area (Å²) in [6, 6.07) is 11.7. The van der Waals surface area contributed by atoms with Gasteiger partial charge in [0.25, 0.3) is 0 Å². The largest absolute Gasteiger partial charge is 0.307 e. The normalized spacial score (nSPS) is 14.4. The van der Waals surface area contributed by atoms with Crippen LogP contribution >= 0.6 is 11.3 Å². The predicted molar refractivity (Wildman–Crippen MR) is 80.2 cm³/mol. The van der Waals surface area contributed by atoms with E-state index < -0.39 is 0 Å². The highest BCUT2D eigenvalue weighted by Crippen LogP contribution is 2.18. The molecule has 1 aromatic heterocycles. The van der Waals surface area contributed by atoms with Gasteiger partial charge in [-0.05, 0) is 60.7 Å². The minimum atomic E-state index is 0.403. The van der Waals surface area contributed by atoms with Crippen LogP contribution in [0, 0.1) is 6.92 Å². The summed E-state index contributed by atoms with van der Waals surface area (Å²) >= 11 is 1.77. The minimum Gasteiger partial charge on any atom is -0.307 e. The van der Waals surface area contributed by atoms with Crippen LogP contribution < -0.4 is 5.32 Å². The maximum atomic E-state index is 3.68. The van der Waals surface area contributed by atoms with Crippen LogP contribution in [0.2, 0.25) is 0 Å². The fourth-order valence-electron chi connectivity index (χ4n) is 2.41. The fraction of sp³-hybridized carbons (Fsp3) is 0.375. The van der Waals surface area contributed by atoms with E-state index in [0.717, 1.165) is 6.42 Å². The van der Waals surface area contributed by atoms with Crippen molar-refractivity contribution in [2.75, 3.05) is 0 Å². The Kier molecular flexibility index (Phi) is 4.56. The topological polar surface area (TPSA) is 12.0 Å². The molecule has 2 rings (SSSR count). The van der Waals surface area contributed by atoms with Crippen molar-refractivity contribution in [3.63, 3.8) is 0 Å². The molecule has 0 aliphatic carbocycles. The van der Waals surface area contributed by atoms with E-state index in [1.165, 1.54) is 16.7 Å². The van der Waals surface area contributed by atoms with Gasteiger partial charge in [0.2, 0.25) is 0 Å². The van der Waals surface area contributed by atoms with Crippen molar-refractivity contribution in [2.45, 2.75) is 39.3 Å². The van der Waals surface area contributed by atoms with E-state index >= 15 is 0 Å². The lowest BCUT2D eigenvalue weighted by Crippen LogP contribution is -2.30. The van der Waals surface area contributed by atoms with Gasteiger partial charge in [-0.1, -0.05) is 24.3 Å². The zero-order valence-electron chi connectivity index (χ0n) is 11.3. The zero-order valence-corrected chi connectivity index (χ0v) is 12.1. The Bertz CT molecular complexity index is 476. The average Bonchev–Trinajstić information content (AvgIpc) is 2.82. The van der Waals surface area contributed by atoms with Crippen molar-refractivity contribution < 1.29 is 0 Å². The SMILES string of the molecule is Cc1ccccc1C(C)NC(C)Cc1ccsc1. The van der Waals surface area contributed by atoms with Crippen LogP contribution in [-0.4, -0.2) is 6.04 Å². The summed E-state index contributed by atoms with van der Waals surface area (Å²) in [7, 11) is 0. The summed E-state index contributed by atoms with van der Waals surface area (Å²) in [5.74, 6) is 0. The fourth-order valence-corrected chi connectivity index (χ4v) is 3.09. The highest BCUT2D eigenvalue weighted by molar-refractivity contribution is 7.07. The van der Waals surface area contributed by atoms with E-state index in [0.29, 0.717) is 12.1 Å². The first-order valence-corrected chi connectivity index (χ1v) is 7.43. The molecule has 0 aliphatic heterocycles. The van der Waals surface area contributed by atoms with Gasteiger partial charge in [-0.15, -0.1) is 0 Å². The second-order valence-electron chi connectivity index (χ2n) is 4.98. The van der Waals surface area contributed by atoms with Crippen LogP contribution in [0.25, 0.3) is 0 Å². The number of nitrogens with one attached hydrogen (secondary N) is 1. The van der Waals surface area contributed by atoms with Gasteiger partial charge in [-0.2, -0.15) is 11.3 Å². The van der Waals surface area contributed by atoms with Crippen molar-refractivity contribution in [2.24, 2.45) is 0 Å². The van der Waals surface area contributed by atoms with Gasteiger partial charge >= 0.3 is 0 Å². The molecule has 2 aromatic rings. The molecule has 0 radical (unpaired) electrons. The third-order valence-electron chi connectivity index (χ3n) is 3.31. The summed E-state index contributed by atoms with van der Waals surface area (Å²) in [5.41, 5.74) is 4.19. The van der Waals surface area contributed by atoms with Crippen LogP contribution in [0.1, 0.15) is 36.6 Å². The van der Waals surface area contributed by atoms with Gasteiger partial charge in [0.15, 0.2) is 0 Å². The van der Waals surface area contributed by atoms with Gasteiger partial charge in [0.1, 0.15) is 0 Å². The maximum absolute atomic E-state index is 3.68. The highest BCUT2D eigenvalue weighted by Gasteiger charge is 2.11. The molecule has 0 amide bonds. The molecule has 1 heterocycles. The molecular formula is C16H21NS. The molecule has 2 atom stereocenters. The lowest BCUT2D eigenvalue weighted by Gasteiger charge is -2.21. The minimum absolute atomic E-state index is 0.403. The molecule has 18 heavy (non-hydrogen) atoms. The monoisotopic (exact) mass is 259 g/mol. The van der Waals surface area contributed by atoms with Gasteiger partial charge in [0, 0.05) is 12.1 Å². The molecular weight excluding hydrogens is 238 g/mol. The number of hydrogen-bond acceptors (Lipinski definition) is 2. The second kappa shape index (κ2) is 6.17. The van der Waals surface area contributed by atoms with E-state index in [9.17, 15) is 0 Å². The summed E-state index contributed by atoms with van der Waals surface area (Å²) in [6.07, 6.45) is 1.10. The molecule has 0 fully saturated rings. The van der Waals surface area contributed by atoms with Crippen LogP contribution in [0.15, 0.2) is 41.1 Å². The molecule has 0 bridgehead atoms. The Labute approximate surface area is 114 Å². The van der Waals surface area contributed by atoms with Crippen molar-refractivity contribution in [3.8, 4) is 0 Å². The smallest absolute Gasteiger partial charge is 0.0296 e. The van der Waals surface area contributed by atoms with Gasteiger partial charge in [0.05, 0.1) is 0 Å². The average molecular weight is 259 g/mol. The van der Waals surface area contributed by atoms with Crippen LogP contribution in [0.5, 0.6) is 0 Å². The molecule has 0 spiro atoms. The molecule has 1 N–H and O–H groups in total. The van der Waals surface area contributed by atoms with E-state index in [1.54, 1.807) is 11.3 Å². The Hall–Kier alpha value is -1.12. The van der Waals surface area contributed by atoms with E-state index in [-0.39, 0.29) is 0 Å². The summed E-state index contributed by atoms with van der Waals surface area (Å²) in [4.78, 5) is 0. The van der Waals surface area contributed by atoms with Gasteiger partial charge in [-0.3, -0.25) is 0 Å². The van der Waals surface area contributed by atoms with Crippen molar-refractivity contribution in [1.82, 2.24) is 5.32 Å². The van der Waals surface area contributed by atoms with Crippen LogP contribution in [0.3, 0.4) is 0 Å². The molecule has 1 nitrogen and oxygen atoms in total.